The van der Waals surface area contributed by atoms with E-state index in [1.807, 2.05) is 0 Å². The fourth-order valence-corrected chi connectivity index (χ4v) is 5.75. The van der Waals surface area contributed by atoms with Crippen molar-refractivity contribution in [1.29, 1.82) is 0 Å². The van der Waals surface area contributed by atoms with Crippen molar-refractivity contribution in [1.82, 2.24) is 0 Å². The Kier molecular flexibility index (Phi) is 4.91. The number of fused-ring (bicyclic) bond motifs is 1. The molecule has 4 heteroatoms. The van der Waals surface area contributed by atoms with Crippen molar-refractivity contribution < 1.29 is 8.85 Å². The summed E-state index contributed by atoms with van der Waals surface area (Å²) in [6.07, 6.45) is 6.51. The smallest absolute Gasteiger partial charge is 0.192 e. The van der Waals surface area contributed by atoms with E-state index in [0.29, 0.717) is 24.0 Å². The molecule has 134 valence electrons. The van der Waals surface area contributed by atoms with Crippen LogP contribution < -0.4 is 0 Å². The molecule has 0 amide bonds. The highest BCUT2D eigenvalue weighted by Gasteiger charge is 2.52. The van der Waals surface area contributed by atoms with Gasteiger partial charge in [0.15, 0.2) is 16.6 Å². The van der Waals surface area contributed by atoms with E-state index < -0.39 is 16.6 Å². The maximum Gasteiger partial charge on any atom is 0.192 e. The molecule has 0 spiro atoms. The maximum atomic E-state index is 6.75. The molecule has 2 nitrogen and oxygen atoms in total. The zero-order valence-electron chi connectivity index (χ0n) is 17.0. The van der Waals surface area contributed by atoms with Crippen molar-refractivity contribution in [2.75, 3.05) is 0 Å². The lowest BCUT2D eigenvalue weighted by atomic mass is 9.84. The van der Waals surface area contributed by atoms with Gasteiger partial charge in [0, 0.05) is 11.8 Å². The third-order valence-corrected chi connectivity index (χ3v) is 15.8. The van der Waals surface area contributed by atoms with Crippen LogP contribution in [0.3, 0.4) is 0 Å². The van der Waals surface area contributed by atoms with Gasteiger partial charge in [-0.3, -0.25) is 0 Å². The summed E-state index contributed by atoms with van der Waals surface area (Å²) in [4.78, 5) is 0. The van der Waals surface area contributed by atoms with Crippen molar-refractivity contribution in [2.45, 2.75) is 96.4 Å². The summed E-state index contributed by atoms with van der Waals surface area (Å²) in [6.45, 7) is 23.4. The van der Waals surface area contributed by atoms with Crippen molar-refractivity contribution in [3.05, 3.63) is 12.2 Å². The normalized spacial score (nSPS) is 31.9. The summed E-state index contributed by atoms with van der Waals surface area (Å²) >= 11 is 0. The van der Waals surface area contributed by atoms with E-state index in [0.717, 1.165) is 6.42 Å². The first-order valence-corrected chi connectivity index (χ1v) is 15.0. The predicted molar refractivity (Wildman–Crippen MR) is 105 cm³/mol. The van der Waals surface area contributed by atoms with Crippen LogP contribution in [0.1, 0.15) is 48.0 Å². The highest BCUT2D eigenvalue weighted by Crippen LogP contribution is 2.49. The Bertz CT molecular complexity index is 427. The monoisotopic (exact) mass is 354 g/mol. The van der Waals surface area contributed by atoms with Crippen molar-refractivity contribution in [3.63, 3.8) is 0 Å². The quantitative estimate of drug-likeness (QED) is 0.457. The van der Waals surface area contributed by atoms with Crippen LogP contribution in [0.2, 0.25) is 36.3 Å². The van der Waals surface area contributed by atoms with E-state index in [4.69, 9.17) is 8.85 Å². The summed E-state index contributed by atoms with van der Waals surface area (Å²) in [5.74, 6) is 1.16. The Morgan fingerprint density at radius 3 is 1.22 bits per heavy atom. The van der Waals surface area contributed by atoms with E-state index in [-0.39, 0.29) is 10.1 Å². The summed E-state index contributed by atoms with van der Waals surface area (Å²) in [5.41, 5.74) is 0. The number of rotatable bonds is 4. The summed E-state index contributed by atoms with van der Waals surface area (Å²) in [6, 6.07) is 0. The molecule has 2 aliphatic rings. The van der Waals surface area contributed by atoms with Gasteiger partial charge in [-0.15, -0.1) is 0 Å². The maximum absolute atomic E-state index is 6.75. The lowest BCUT2D eigenvalue weighted by Crippen LogP contribution is -2.45. The minimum Gasteiger partial charge on any atom is -0.413 e. The van der Waals surface area contributed by atoms with Crippen LogP contribution in [0, 0.1) is 11.8 Å². The molecule has 2 aliphatic carbocycles. The fraction of sp³-hybridized carbons (Fsp3) is 0.895. The third-order valence-electron chi connectivity index (χ3n) is 6.83. The Morgan fingerprint density at radius 2 is 1.00 bits per heavy atom. The highest BCUT2D eigenvalue weighted by molar-refractivity contribution is 6.74. The summed E-state index contributed by atoms with van der Waals surface area (Å²) in [7, 11) is -3.42. The molecule has 2 unspecified atom stereocenters. The minimum absolute atomic E-state index is 0.272. The first-order valence-electron chi connectivity index (χ1n) is 9.20. The molecule has 0 aromatic carbocycles. The summed E-state index contributed by atoms with van der Waals surface area (Å²) in [5, 5.41) is 0.544. The molecule has 23 heavy (non-hydrogen) atoms. The molecule has 0 radical (unpaired) electrons. The molecule has 0 saturated heterocycles. The zero-order chi connectivity index (χ0) is 17.8. The standard InChI is InChI=1S/C19H38O2Si2/c1-18(2,3)22(7,8)20-16-13-17(15-12-11-14(15)16)21-23(9,10)19(4,5)6/h11-12,14-17H,13H2,1-10H3/t14?,15?,16-,17+. The first-order chi connectivity index (χ1) is 10.2. The molecule has 0 aliphatic heterocycles. The first kappa shape index (κ1) is 19.4. The largest absolute Gasteiger partial charge is 0.413 e. The van der Waals surface area contributed by atoms with Gasteiger partial charge in [0.25, 0.3) is 0 Å². The molecule has 1 fully saturated rings. The van der Waals surface area contributed by atoms with Gasteiger partial charge in [0.05, 0.1) is 12.2 Å². The van der Waals surface area contributed by atoms with E-state index in [9.17, 15) is 0 Å². The van der Waals surface area contributed by atoms with Gasteiger partial charge in [-0.2, -0.15) is 0 Å². The Balaban J connectivity index is 2.08. The predicted octanol–water partition coefficient (Wildman–Crippen LogP) is 5.97. The van der Waals surface area contributed by atoms with Crippen LogP contribution in [-0.2, 0) is 8.85 Å². The van der Waals surface area contributed by atoms with Crippen LogP contribution >= 0.6 is 0 Å². The van der Waals surface area contributed by atoms with Crippen LogP contribution in [-0.4, -0.2) is 28.8 Å². The second kappa shape index (κ2) is 5.82. The van der Waals surface area contributed by atoms with Gasteiger partial charge in [-0.1, -0.05) is 53.7 Å². The second-order valence-corrected chi connectivity index (χ2v) is 20.1. The van der Waals surface area contributed by atoms with Crippen LogP contribution in [0.25, 0.3) is 0 Å². The third kappa shape index (κ3) is 3.70. The molecular weight excluding hydrogens is 316 g/mol. The minimum atomic E-state index is -1.71. The lowest BCUT2D eigenvalue weighted by Gasteiger charge is -2.41. The molecule has 1 saturated carbocycles. The Morgan fingerprint density at radius 1 is 0.696 bits per heavy atom. The van der Waals surface area contributed by atoms with Gasteiger partial charge in [-0.05, 0) is 42.7 Å². The van der Waals surface area contributed by atoms with Gasteiger partial charge < -0.3 is 8.85 Å². The molecule has 2 rings (SSSR count). The van der Waals surface area contributed by atoms with Crippen molar-refractivity contribution in [3.8, 4) is 0 Å². The van der Waals surface area contributed by atoms with Crippen molar-refractivity contribution in [2.24, 2.45) is 11.8 Å². The SMILES string of the molecule is CC(C)(C)[Si](C)(C)O[C@H]1C[C@@H](O[Si](C)(C)C(C)(C)C)C2C=CC21. The van der Waals surface area contributed by atoms with E-state index in [2.05, 4.69) is 79.9 Å². The Hall–Kier alpha value is 0.0938. The van der Waals surface area contributed by atoms with Gasteiger partial charge in [-0.25, -0.2) is 0 Å². The van der Waals surface area contributed by atoms with E-state index in [1.165, 1.54) is 0 Å². The average molecular weight is 355 g/mol. The molecule has 0 aromatic rings. The number of hydrogen-bond donors (Lipinski definition) is 0. The average Bonchev–Trinajstić information content (AvgIpc) is 2.42. The fourth-order valence-electron chi connectivity index (χ4n) is 3.02. The topological polar surface area (TPSA) is 18.5 Å². The molecule has 4 atom stereocenters. The second-order valence-electron chi connectivity index (χ2n) is 10.6. The van der Waals surface area contributed by atoms with E-state index >= 15 is 0 Å². The number of hydrogen-bond acceptors (Lipinski definition) is 2. The van der Waals surface area contributed by atoms with Gasteiger partial charge in [0.1, 0.15) is 0 Å². The molecule has 0 heterocycles. The van der Waals surface area contributed by atoms with Gasteiger partial charge in [0.2, 0.25) is 0 Å². The lowest BCUT2D eigenvalue weighted by molar-refractivity contribution is 0.137. The molecule has 0 bridgehead atoms. The van der Waals surface area contributed by atoms with E-state index in [1.54, 1.807) is 0 Å². The molecular formula is C19H38O2Si2. The van der Waals surface area contributed by atoms with Crippen LogP contribution in [0.4, 0.5) is 0 Å². The van der Waals surface area contributed by atoms with Crippen LogP contribution in [0.5, 0.6) is 0 Å². The van der Waals surface area contributed by atoms with Crippen molar-refractivity contribution >= 4 is 16.6 Å². The van der Waals surface area contributed by atoms with Crippen LogP contribution in [0.15, 0.2) is 12.2 Å². The highest BCUT2D eigenvalue weighted by atomic mass is 28.4. The molecule has 0 N–H and O–H groups in total. The zero-order valence-corrected chi connectivity index (χ0v) is 19.0. The van der Waals surface area contributed by atoms with Gasteiger partial charge >= 0.3 is 0 Å². The summed E-state index contributed by atoms with van der Waals surface area (Å²) < 4.78 is 13.5. The molecule has 0 aromatic heterocycles. The Labute approximate surface area is 146 Å².